The molecule has 2 aliphatic rings. The van der Waals surface area contributed by atoms with Crippen molar-refractivity contribution in [3.8, 4) is 34.4 Å². The number of hydrogen-bond donors (Lipinski definition) is 0. The Kier molecular flexibility index (Phi) is 8.17. The third kappa shape index (κ3) is 5.40. The third-order valence-electron chi connectivity index (χ3n) is 12.2. The minimum atomic E-state index is -0.770. The molecule has 0 atom stereocenters. The standard InChI is InChI=1S/C55H32F2N4/c56-37-18-22-39(23-19-37)60(41-10-5-8-35(30-41)33-58)43-26-27-46-47-28-29-53(61(40-24-20-38(57)21-25-40)42-11-6-9-36(31-42)34-59)48-14-7-17-51(54(47)48)55(52(46)32-43)49-15-3-1-12-44(49)45-13-2-4-16-50(45)55/h1-32H. The van der Waals surface area contributed by atoms with Crippen molar-refractivity contribution in [3.05, 3.63) is 239 Å². The summed E-state index contributed by atoms with van der Waals surface area (Å²) in [6.45, 7) is 0. The molecule has 9 aromatic rings. The third-order valence-corrected chi connectivity index (χ3v) is 12.2. The summed E-state index contributed by atoms with van der Waals surface area (Å²) in [4.78, 5) is 4.18. The maximum Gasteiger partial charge on any atom is 0.123 e. The predicted molar refractivity (Wildman–Crippen MR) is 239 cm³/mol. The number of rotatable bonds is 6. The number of benzene rings is 9. The van der Waals surface area contributed by atoms with Crippen LogP contribution in [0.1, 0.15) is 33.4 Å². The zero-order valence-electron chi connectivity index (χ0n) is 32.5. The maximum absolute atomic E-state index is 14.5. The van der Waals surface area contributed by atoms with E-state index in [0.717, 1.165) is 89.4 Å². The summed E-state index contributed by atoms with van der Waals surface area (Å²) in [5, 5.41) is 22.0. The first-order chi connectivity index (χ1) is 30.0. The summed E-state index contributed by atoms with van der Waals surface area (Å²) < 4.78 is 28.9. The Morgan fingerprint density at radius 2 is 0.852 bits per heavy atom. The van der Waals surface area contributed by atoms with Gasteiger partial charge < -0.3 is 9.80 Å². The van der Waals surface area contributed by atoms with Crippen molar-refractivity contribution in [1.82, 2.24) is 0 Å². The van der Waals surface area contributed by atoms with Gasteiger partial charge in [0.25, 0.3) is 0 Å². The number of nitrogens with zero attached hydrogens (tertiary/aromatic N) is 4. The summed E-state index contributed by atoms with van der Waals surface area (Å²) in [5.41, 5.74) is 14.0. The van der Waals surface area contributed by atoms with Crippen molar-refractivity contribution in [1.29, 1.82) is 10.5 Å². The van der Waals surface area contributed by atoms with Crippen LogP contribution in [0.15, 0.2) is 194 Å². The van der Waals surface area contributed by atoms with Crippen molar-refractivity contribution in [2.45, 2.75) is 5.41 Å². The molecule has 0 heterocycles. The molecule has 0 fully saturated rings. The summed E-state index contributed by atoms with van der Waals surface area (Å²) in [6, 6.07) is 67.1. The van der Waals surface area contributed by atoms with Gasteiger partial charge in [0, 0.05) is 33.8 Å². The van der Waals surface area contributed by atoms with Crippen LogP contribution < -0.4 is 9.80 Å². The molecule has 0 saturated carbocycles. The highest BCUT2D eigenvalue weighted by molar-refractivity contribution is 6.12. The van der Waals surface area contributed by atoms with Gasteiger partial charge in [-0.2, -0.15) is 10.5 Å². The fourth-order valence-corrected chi connectivity index (χ4v) is 9.78. The van der Waals surface area contributed by atoms with Crippen LogP contribution in [-0.4, -0.2) is 0 Å². The average Bonchev–Trinajstić information content (AvgIpc) is 3.60. The molecule has 1 spiro atoms. The molecule has 0 amide bonds. The first kappa shape index (κ1) is 35.8. The molecule has 61 heavy (non-hydrogen) atoms. The van der Waals surface area contributed by atoms with E-state index in [1.165, 1.54) is 24.3 Å². The van der Waals surface area contributed by atoms with Crippen LogP contribution in [0, 0.1) is 34.3 Å². The molecular weight excluding hydrogens is 755 g/mol. The molecule has 0 aliphatic heterocycles. The second-order valence-corrected chi connectivity index (χ2v) is 15.4. The van der Waals surface area contributed by atoms with Crippen molar-refractivity contribution >= 4 is 44.9 Å². The Morgan fingerprint density at radius 3 is 1.46 bits per heavy atom. The fraction of sp³-hybridized carbons (Fsp3) is 0.0182. The van der Waals surface area contributed by atoms with Gasteiger partial charge in [-0.3, -0.25) is 0 Å². The Morgan fingerprint density at radius 1 is 0.377 bits per heavy atom. The molecular formula is C55H32F2N4. The van der Waals surface area contributed by atoms with E-state index in [1.54, 1.807) is 36.4 Å². The summed E-state index contributed by atoms with van der Waals surface area (Å²) in [6.07, 6.45) is 0. The molecule has 9 aromatic carbocycles. The Hall–Kier alpha value is -8.32. The van der Waals surface area contributed by atoms with E-state index in [2.05, 4.69) is 119 Å². The largest absolute Gasteiger partial charge is 0.310 e. The van der Waals surface area contributed by atoms with E-state index in [-0.39, 0.29) is 11.6 Å². The van der Waals surface area contributed by atoms with Crippen LogP contribution in [0.25, 0.3) is 33.0 Å². The minimum absolute atomic E-state index is 0.335. The van der Waals surface area contributed by atoms with E-state index in [0.29, 0.717) is 11.1 Å². The van der Waals surface area contributed by atoms with E-state index >= 15 is 0 Å². The lowest BCUT2D eigenvalue weighted by molar-refractivity contribution is 0.627. The molecule has 0 aromatic heterocycles. The second-order valence-electron chi connectivity index (χ2n) is 15.4. The number of anilines is 6. The molecule has 0 unspecified atom stereocenters. The van der Waals surface area contributed by atoms with Crippen LogP contribution in [0.3, 0.4) is 0 Å². The molecule has 0 bridgehead atoms. The van der Waals surface area contributed by atoms with Crippen LogP contribution >= 0.6 is 0 Å². The molecule has 2 aliphatic carbocycles. The average molecular weight is 787 g/mol. The molecule has 4 nitrogen and oxygen atoms in total. The number of halogens is 2. The molecule has 286 valence electrons. The van der Waals surface area contributed by atoms with Gasteiger partial charge in [0.15, 0.2) is 0 Å². The summed E-state index contributed by atoms with van der Waals surface area (Å²) in [5.74, 6) is -0.670. The fourth-order valence-electron chi connectivity index (χ4n) is 9.78. The summed E-state index contributed by atoms with van der Waals surface area (Å²) in [7, 11) is 0. The van der Waals surface area contributed by atoms with Gasteiger partial charge in [0.1, 0.15) is 11.6 Å². The van der Waals surface area contributed by atoms with Gasteiger partial charge in [0.2, 0.25) is 0 Å². The molecule has 0 N–H and O–H groups in total. The maximum atomic E-state index is 14.5. The van der Waals surface area contributed by atoms with Crippen LogP contribution in [0.5, 0.6) is 0 Å². The van der Waals surface area contributed by atoms with E-state index < -0.39 is 5.41 Å². The quantitative estimate of drug-likeness (QED) is 0.168. The Balaban J connectivity index is 1.24. The predicted octanol–water partition coefficient (Wildman–Crippen LogP) is 14.1. The minimum Gasteiger partial charge on any atom is -0.310 e. The molecule has 0 radical (unpaired) electrons. The van der Waals surface area contributed by atoms with Crippen LogP contribution in [0.4, 0.5) is 42.9 Å². The van der Waals surface area contributed by atoms with Gasteiger partial charge in [-0.15, -0.1) is 0 Å². The molecule has 0 saturated heterocycles. The normalized spacial score (nSPS) is 12.5. The number of hydrogen-bond acceptors (Lipinski definition) is 4. The van der Waals surface area contributed by atoms with Crippen molar-refractivity contribution in [3.63, 3.8) is 0 Å². The van der Waals surface area contributed by atoms with Crippen molar-refractivity contribution in [2.75, 3.05) is 9.80 Å². The highest BCUT2D eigenvalue weighted by Gasteiger charge is 2.50. The first-order valence-electron chi connectivity index (χ1n) is 20.0. The SMILES string of the molecule is N#Cc1cccc(N(c2ccc(F)cc2)c2ccc3c(c2)C2(c4ccccc4-c4ccccc42)c2cccc4c(N(c5ccc(F)cc5)c5cccc(C#N)c5)ccc-3c24)c1. The Bertz CT molecular complexity index is 3280. The lowest BCUT2D eigenvalue weighted by atomic mass is 9.61. The Labute approximate surface area is 351 Å². The zero-order valence-corrected chi connectivity index (χ0v) is 32.5. The number of fused-ring (bicyclic) bond motifs is 9. The van der Waals surface area contributed by atoms with Gasteiger partial charge >= 0.3 is 0 Å². The van der Waals surface area contributed by atoms with Gasteiger partial charge in [-0.1, -0.05) is 91.0 Å². The topological polar surface area (TPSA) is 54.1 Å². The zero-order chi connectivity index (χ0) is 41.2. The first-order valence-corrected chi connectivity index (χ1v) is 20.0. The molecule has 6 heteroatoms. The van der Waals surface area contributed by atoms with E-state index in [4.69, 9.17) is 0 Å². The van der Waals surface area contributed by atoms with Gasteiger partial charge in [-0.05, 0) is 153 Å². The van der Waals surface area contributed by atoms with Crippen molar-refractivity contribution in [2.24, 2.45) is 0 Å². The smallest absolute Gasteiger partial charge is 0.123 e. The van der Waals surface area contributed by atoms with Gasteiger partial charge in [0.05, 0.1) is 34.4 Å². The van der Waals surface area contributed by atoms with Crippen LogP contribution in [0.2, 0.25) is 0 Å². The van der Waals surface area contributed by atoms with Crippen molar-refractivity contribution < 1.29 is 8.78 Å². The van der Waals surface area contributed by atoms with E-state index in [9.17, 15) is 19.3 Å². The molecule has 11 rings (SSSR count). The summed E-state index contributed by atoms with van der Waals surface area (Å²) >= 11 is 0. The lowest BCUT2D eigenvalue weighted by Crippen LogP contribution is -2.32. The van der Waals surface area contributed by atoms with Gasteiger partial charge in [-0.25, -0.2) is 8.78 Å². The lowest BCUT2D eigenvalue weighted by Gasteiger charge is -2.41. The second kappa shape index (κ2) is 13.9. The monoisotopic (exact) mass is 786 g/mol. The van der Waals surface area contributed by atoms with Crippen LogP contribution in [-0.2, 0) is 5.41 Å². The highest BCUT2D eigenvalue weighted by atomic mass is 19.1. The highest BCUT2D eigenvalue weighted by Crippen LogP contribution is 2.63. The van der Waals surface area contributed by atoms with E-state index in [1.807, 2.05) is 36.4 Å². The number of nitriles is 2.